The highest BCUT2D eigenvalue weighted by molar-refractivity contribution is 7.92. The molecule has 1 aliphatic heterocycles. The second-order valence-corrected chi connectivity index (χ2v) is 7.87. The van der Waals surface area contributed by atoms with Crippen LogP contribution in [0, 0.1) is 0 Å². The highest BCUT2D eigenvalue weighted by Crippen LogP contribution is 2.30. The minimum atomic E-state index is -3.78. The van der Waals surface area contributed by atoms with Gasteiger partial charge in [-0.2, -0.15) is 0 Å². The molecule has 0 unspecified atom stereocenters. The van der Waals surface area contributed by atoms with Gasteiger partial charge in [-0.3, -0.25) is 4.72 Å². The average molecular weight is 376 g/mol. The highest BCUT2D eigenvalue weighted by atomic mass is 32.2. The molecule has 3 rings (SSSR count). The van der Waals surface area contributed by atoms with E-state index in [1.54, 1.807) is 18.2 Å². The van der Waals surface area contributed by atoms with E-state index in [1.165, 1.54) is 39.5 Å². The zero-order valence-electron chi connectivity index (χ0n) is 15.1. The number of sulfonamides is 1. The van der Waals surface area contributed by atoms with Gasteiger partial charge in [0.05, 0.1) is 19.9 Å². The SMILES string of the molecule is COc1ccc(S(=O)(=O)Nc2cccc(N3CCCCC3)c2)c(OC)c1. The van der Waals surface area contributed by atoms with Crippen LogP contribution in [0.25, 0.3) is 0 Å². The molecule has 26 heavy (non-hydrogen) atoms. The molecule has 1 heterocycles. The first-order valence-electron chi connectivity index (χ1n) is 8.63. The molecule has 2 aromatic rings. The quantitative estimate of drug-likeness (QED) is 0.836. The van der Waals surface area contributed by atoms with Crippen molar-refractivity contribution in [2.45, 2.75) is 24.2 Å². The number of ether oxygens (including phenoxy) is 2. The van der Waals surface area contributed by atoms with Gasteiger partial charge in [-0.1, -0.05) is 6.07 Å². The maximum absolute atomic E-state index is 12.8. The Morgan fingerprint density at radius 3 is 2.42 bits per heavy atom. The minimum Gasteiger partial charge on any atom is -0.497 e. The lowest BCUT2D eigenvalue weighted by atomic mass is 10.1. The zero-order chi connectivity index (χ0) is 18.6. The number of piperidine rings is 1. The molecule has 0 aromatic heterocycles. The number of anilines is 2. The molecular weight excluding hydrogens is 352 g/mol. The van der Waals surface area contributed by atoms with Crippen molar-refractivity contribution in [2.75, 3.05) is 36.9 Å². The van der Waals surface area contributed by atoms with Crippen LogP contribution in [0.15, 0.2) is 47.4 Å². The van der Waals surface area contributed by atoms with Gasteiger partial charge in [-0.05, 0) is 49.6 Å². The Balaban J connectivity index is 1.86. The van der Waals surface area contributed by atoms with Crippen molar-refractivity contribution in [1.29, 1.82) is 0 Å². The summed E-state index contributed by atoms with van der Waals surface area (Å²) in [7, 11) is -0.821. The molecule has 0 spiro atoms. The Bertz CT molecular complexity index is 862. The highest BCUT2D eigenvalue weighted by Gasteiger charge is 2.21. The normalized spacial score (nSPS) is 14.8. The molecule has 2 aromatic carbocycles. The zero-order valence-corrected chi connectivity index (χ0v) is 15.9. The van der Waals surface area contributed by atoms with Crippen molar-refractivity contribution >= 4 is 21.4 Å². The fourth-order valence-electron chi connectivity index (χ4n) is 3.13. The summed E-state index contributed by atoms with van der Waals surface area (Å²) in [5.41, 5.74) is 1.57. The molecule has 0 aliphatic carbocycles. The maximum atomic E-state index is 12.8. The van der Waals surface area contributed by atoms with Crippen LogP contribution >= 0.6 is 0 Å². The molecule has 0 atom stereocenters. The van der Waals surface area contributed by atoms with E-state index in [9.17, 15) is 8.42 Å². The van der Waals surface area contributed by atoms with Crippen molar-refractivity contribution in [3.8, 4) is 11.5 Å². The summed E-state index contributed by atoms with van der Waals surface area (Å²) in [6.45, 7) is 2.00. The molecule has 0 amide bonds. The van der Waals surface area contributed by atoms with Gasteiger partial charge in [-0.15, -0.1) is 0 Å². The van der Waals surface area contributed by atoms with Crippen molar-refractivity contribution in [3.05, 3.63) is 42.5 Å². The van der Waals surface area contributed by atoms with E-state index in [1.807, 2.05) is 18.2 Å². The van der Waals surface area contributed by atoms with Gasteiger partial charge in [0.25, 0.3) is 10.0 Å². The van der Waals surface area contributed by atoms with Crippen LogP contribution in [0.1, 0.15) is 19.3 Å². The van der Waals surface area contributed by atoms with E-state index < -0.39 is 10.0 Å². The number of methoxy groups -OCH3 is 2. The largest absolute Gasteiger partial charge is 0.497 e. The molecule has 140 valence electrons. The number of rotatable bonds is 6. The fourth-order valence-corrected chi connectivity index (χ4v) is 4.33. The second-order valence-electron chi connectivity index (χ2n) is 6.22. The molecule has 0 saturated carbocycles. The molecule has 0 radical (unpaired) electrons. The summed E-state index contributed by atoms with van der Waals surface area (Å²) < 4.78 is 38.6. The number of benzene rings is 2. The third-order valence-electron chi connectivity index (χ3n) is 4.48. The lowest BCUT2D eigenvalue weighted by molar-refractivity contribution is 0.386. The van der Waals surface area contributed by atoms with Crippen LogP contribution in [0.2, 0.25) is 0 Å². The van der Waals surface area contributed by atoms with Gasteiger partial charge in [0.2, 0.25) is 0 Å². The van der Waals surface area contributed by atoms with E-state index >= 15 is 0 Å². The predicted molar refractivity (Wildman–Crippen MR) is 103 cm³/mol. The van der Waals surface area contributed by atoms with E-state index in [0.29, 0.717) is 11.4 Å². The van der Waals surface area contributed by atoms with Crippen LogP contribution in [0.4, 0.5) is 11.4 Å². The van der Waals surface area contributed by atoms with Gasteiger partial charge in [0.15, 0.2) is 0 Å². The fraction of sp³-hybridized carbons (Fsp3) is 0.368. The van der Waals surface area contributed by atoms with Crippen molar-refractivity contribution in [1.82, 2.24) is 0 Å². The Morgan fingerprint density at radius 1 is 0.962 bits per heavy atom. The first-order chi connectivity index (χ1) is 12.5. The molecule has 1 N–H and O–H groups in total. The molecule has 7 heteroatoms. The van der Waals surface area contributed by atoms with Crippen LogP contribution < -0.4 is 19.1 Å². The molecule has 0 bridgehead atoms. The van der Waals surface area contributed by atoms with Crippen molar-refractivity contribution < 1.29 is 17.9 Å². The van der Waals surface area contributed by atoms with Crippen molar-refractivity contribution in [3.63, 3.8) is 0 Å². The summed E-state index contributed by atoms with van der Waals surface area (Å²) in [5.74, 6) is 0.775. The van der Waals surface area contributed by atoms with Gasteiger partial charge in [0, 0.05) is 24.8 Å². The topological polar surface area (TPSA) is 67.9 Å². The van der Waals surface area contributed by atoms with E-state index in [0.717, 1.165) is 18.8 Å². The molecule has 1 saturated heterocycles. The first-order valence-corrected chi connectivity index (χ1v) is 10.1. The average Bonchev–Trinajstić information content (AvgIpc) is 2.68. The van der Waals surface area contributed by atoms with Crippen LogP contribution in [0.5, 0.6) is 11.5 Å². The van der Waals surface area contributed by atoms with E-state index in [2.05, 4.69) is 9.62 Å². The van der Waals surface area contributed by atoms with Gasteiger partial charge >= 0.3 is 0 Å². The van der Waals surface area contributed by atoms with Gasteiger partial charge in [0.1, 0.15) is 16.4 Å². The van der Waals surface area contributed by atoms with Crippen LogP contribution in [-0.4, -0.2) is 35.7 Å². The summed E-state index contributed by atoms with van der Waals surface area (Å²) in [6.07, 6.45) is 3.58. The van der Waals surface area contributed by atoms with E-state index in [4.69, 9.17) is 9.47 Å². The third-order valence-corrected chi connectivity index (χ3v) is 5.90. The Hall–Kier alpha value is -2.41. The number of hydrogen-bond acceptors (Lipinski definition) is 5. The Morgan fingerprint density at radius 2 is 1.73 bits per heavy atom. The Labute approximate surface area is 154 Å². The summed E-state index contributed by atoms with van der Waals surface area (Å²) in [4.78, 5) is 2.36. The molecule has 6 nitrogen and oxygen atoms in total. The van der Waals surface area contributed by atoms with E-state index in [-0.39, 0.29) is 10.6 Å². The van der Waals surface area contributed by atoms with Gasteiger partial charge < -0.3 is 14.4 Å². The molecule has 1 aliphatic rings. The standard InChI is InChI=1S/C19H24N2O4S/c1-24-17-9-10-19(18(14-17)25-2)26(22,23)20-15-7-6-8-16(13-15)21-11-4-3-5-12-21/h6-10,13-14,20H,3-5,11-12H2,1-2H3. The van der Waals surface area contributed by atoms with Crippen molar-refractivity contribution in [2.24, 2.45) is 0 Å². The summed E-state index contributed by atoms with van der Waals surface area (Å²) >= 11 is 0. The third kappa shape index (κ3) is 4.04. The van der Waals surface area contributed by atoms with Crippen LogP contribution in [-0.2, 0) is 10.0 Å². The predicted octanol–water partition coefficient (Wildman–Crippen LogP) is 3.49. The maximum Gasteiger partial charge on any atom is 0.265 e. The van der Waals surface area contributed by atoms with Gasteiger partial charge in [-0.25, -0.2) is 8.42 Å². The monoisotopic (exact) mass is 376 g/mol. The first kappa shape index (κ1) is 18.4. The van der Waals surface area contributed by atoms with Crippen LogP contribution in [0.3, 0.4) is 0 Å². The number of nitrogens with zero attached hydrogens (tertiary/aromatic N) is 1. The molecular formula is C19H24N2O4S. The lowest BCUT2D eigenvalue weighted by Gasteiger charge is -2.29. The molecule has 1 fully saturated rings. The smallest absolute Gasteiger partial charge is 0.265 e. The minimum absolute atomic E-state index is 0.0733. The second kappa shape index (κ2) is 7.86. The lowest BCUT2D eigenvalue weighted by Crippen LogP contribution is -2.29. The number of hydrogen-bond donors (Lipinski definition) is 1. The Kier molecular flexibility index (Phi) is 5.56. The summed E-state index contributed by atoms with van der Waals surface area (Å²) in [5, 5.41) is 0. The number of nitrogens with one attached hydrogen (secondary N) is 1. The summed E-state index contributed by atoms with van der Waals surface area (Å²) in [6, 6.07) is 12.1.